The van der Waals surface area contributed by atoms with Gasteiger partial charge in [0.05, 0.1) is 12.7 Å². The molecule has 3 heterocycles. The highest BCUT2D eigenvalue weighted by Crippen LogP contribution is 2.40. The first-order valence-electron chi connectivity index (χ1n) is 10.1. The summed E-state index contributed by atoms with van der Waals surface area (Å²) < 4.78 is 54.6. The first-order valence-corrected chi connectivity index (χ1v) is 10.1. The molecule has 0 atom stereocenters. The fourth-order valence-corrected chi connectivity index (χ4v) is 3.56. The lowest BCUT2D eigenvalue weighted by atomic mass is 10.1. The summed E-state index contributed by atoms with van der Waals surface area (Å²) in [5, 5.41) is 0. The SMILES string of the molecule is COc1cc(C=CC(=O)N2CCN(c3ccc(C(F)(F)F)cn3)CC2)cc2c1OCCO2. The van der Waals surface area contributed by atoms with Crippen LogP contribution in [0.25, 0.3) is 6.08 Å². The standard InChI is InChI=1S/C22H22F3N3O4/c1-30-17-12-15(13-18-21(17)32-11-10-31-18)2-5-20(29)28-8-6-27(7-9-28)19-4-3-16(14-26-19)22(23,24)25/h2-5,12-14H,6-11H2,1H3. The van der Waals surface area contributed by atoms with E-state index in [1.807, 2.05) is 4.90 Å². The van der Waals surface area contributed by atoms with E-state index in [1.54, 1.807) is 23.1 Å². The lowest BCUT2D eigenvalue weighted by molar-refractivity contribution is -0.137. The van der Waals surface area contributed by atoms with Crippen LogP contribution in [0.3, 0.4) is 0 Å². The number of piperazine rings is 1. The third kappa shape index (κ3) is 4.74. The van der Waals surface area contributed by atoms with Gasteiger partial charge in [-0.3, -0.25) is 4.79 Å². The normalized spacial score (nSPS) is 16.4. The van der Waals surface area contributed by atoms with E-state index in [0.717, 1.165) is 17.8 Å². The number of rotatable bonds is 4. The molecule has 1 fully saturated rings. The van der Waals surface area contributed by atoms with E-state index in [0.29, 0.717) is 62.5 Å². The molecule has 7 nitrogen and oxygen atoms in total. The van der Waals surface area contributed by atoms with Gasteiger partial charge < -0.3 is 24.0 Å². The van der Waals surface area contributed by atoms with Crippen LogP contribution >= 0.6 is 0 Å². The van der Waals surface area contributed by atoms with Crippen molar-refractivity contribution in [2.24, 2.45) is 0 Å². The van der Waals surface area contributed by atoms with Gasteiger partial charge in [-0.1, -0.05) is 0 Å². The summed E-state index contributed by atoms with van der Waals surface area (Å²) in [4.78, 5) is 20.1. The molecule has 2 aliphatic rings. The maximum atomic E-state index is 12.7. The molecule has 170 valence electrons. The molecule has 0 unspecified atom stereocenters. The van der Waals surface area contributed by atoms with Gasteiger partial charge >= 0.3 is 6.18 Å². The Morgan fingerprint density at radius 3 is 2.53 bits per heavy atom. The van der Waals surface area contributed by atoms with E-state index in [9.17, 15) is 18.0 Å². The number of hydrogen-bond acceptors (Lipinski definition) is 6. The van der Waals surface area contributed by atoms with Crippen LogP contribution in [0.15, 0.2) is 36.5 Å². The van der Waals surface area contributed by atoms with Crippen molar-refractivity contribution in [3.8, 4) is 17.2 Å². The number of hydrogen-bond donors (Lipinski definition) is 0. The second-order valence-electron chi connectivity index (χ2n) is 7.30. The first-order chi connectivity index (χ1) is 15.3. The Morgan fingerprint density at radius 2 is 1.88 bits per heavy atom. The fourth-order valence-electron chi connectivity index (χ4n) is 3.56. The summed E-state index contributed by atoms with van der Waals surface area (Å²) in [6.07, 6.45) is -0.412. The zero-order valence-electron chi connectivity index (χ0n) is 17.4. The lowest BCUT2D eigenvalue weighted by Crippen LogP contribution is -2.48. The minimum Gasteiger partial charge on any atom is -0.493 e. The van der Waals surface area contributed by atoms with Crippen molar-refractivity contribution in [3.63, 3.8) is 0 Å². The average molecular weight is 449 g/mol. The highest BCUT2D eigenvalue weighted by molar-refractivity contribution is 5.92. The van der Waals surface area contributed by atoms with Gasteiger partial charge in [0.2, 0.25) is 11.7 Å². The largest absolute Gasteiger partial charge is 0.493 e. The van der Waals surface area contributed by atoms with Crippen molar-refractivity contribution in [3.05, 3.63) is 47.7 Å². The number of nitrogens with zero attached hydrogens (tertiary/aromatic N) is 3. The third-order valence-corrected chi connectivity index (χ3v) is 5.26. The van der Waals surface area contributed by atoms with Gasteiger partial charge in [0.15, 0.2) is 11.5 Å². The monoisotopic (exact) mass is 449 g/mol. The van der Waals surface area contributed by atoms with Crippen molar-refractivity contribution in [1.29, 1.82) is 0 Å². The molecule has 0 bridgehead atoms. The van der Waals surface area contributed by atoms with E-state index in [-0.39, 0.29) is 5.91 Å². The van der Waals surface area contributed by atoms with Crippen LogP contribution in [0, 0.1) is 0 Å². The second kappa shape index (κ2) is 8.97. The number of aromatic nitrogens is 1. The van der Waals surface area contributed by atoms with Gasteiger partial charge in [0.1, 0.15) is 19.0 Å². The highest BCUT2D eigenvalue weighted by Gasteiger charge is 2.31. The van der Waals surface area contributed by atoms with Gasteiger partial charge in [-0.2, -0.15) is 13.2 Å². The number of alkyl halides is 3. The molecular weight excluding hydrogens is 427 g/mol. The van der Waals surface area contributed by atoms with Crippen LogP contribution in [0.5, 0.6) is 17.2 Å². The van der Waals surface area contributed by atoms with E-state index in [2.05, 4.69) is 4.98 Å². The Kier molecular flexibility index (Phi) is 6.11. The molecule has 0 aliphatic carbocycles. The van der Waals surface area contributed by atoms with Gasteiger partial charge in [-0.15, -0.1) is 0 Å². The quantitative estimate of drug-likeness (QED) is 0.668. The molecule has 2 aromatic rings. The average Bonchev–Trinajstić information content (AvgIpc) is 2.81. The molecular formula is C22H22F3N3O4. The molecule has 2 aliphatic heterocycles. The number of methoxy groups -OCH3 is 1. The lowest BCUT2D eigenvalue weighted by Gasteiger charge is -2.35. The van der Waals surface area contributed by atoms with Crippen LogP contribution < -0.4 is 19.1 Å². The second-order valence-corrected chi connectivity index (χ2v) is 7.30. The summed E-state index contributed by atoms with van der Waals surface area (Å²) in [6, 6.07) is 5.93. The van der Waals surface area contributed by atoms with Gasteiger partial charge in [0, 0.05) is 38.5 Å². The van der Waals surface area contributed by atoms with Crippen LogP contribution in [0.1, 0.15) is 11.1 Å². The number of amides is 1. The summed E-state index contributed by atoms with van der Waals surface area (Å²) in [5.74, 6) is 1.96. The number of halogens is 3. The van der Waals surface area contributed by atoms with Crippen LogP contribution in [0.2, 0.25) is 0 Å². The number of carbonyl (C=O) groups is 1. The molecule has 0 N–H and O–H groups in total. The molecule has 1 saturated heterocycles. The zero-order valence-corrected chi connectivity index (χ0v) is 17.4. The fraction of sp³-hybridized carbons (Fsp3) is 0.364. The molecule has 1 amide bonds. The molecule has 10 heteroatoms. The van der Waals surface area contributed by atoms with Crippen molar-refractivity contribution in [2.75, 3.05) is 51.4 Å². The maximum Gasteiger partial charge on any atom is 0.417 e. The number of ether oxygens (including phenoxy) is 3. The Labute approximate surface area is 183 Å². The topological polar surface area (TPSA) is 64.1 Å². The number of pyridine rings is 1. The van der Waals surface area contributed by atoms with Crippen molar-refractivity contribution < 1.29 is 32.2 Å². The Hall–Kier alpha value is -3.43. The Bertz CT molecular complexity index is 983. The molecule has 1 aromatic heterocycles. The summed E-state index contributed by atoms with van der Waals surface area (Å²) >= 11 is 0. The van der Waals surface area contributed by atoms with Crippen molar-refractivity contribution in [2.45, 2.75) is 6.18 Å². The maximum absolute atomic E-state index is 12.7. The minimum atomic E-state index is -4.41. The Balaban J connectivity index is 1.36. The van der Waals surface area contributed by atoms with Crippen LogP contribution in [0.4, 0.5) is 19.0 Å². The van der Waals surface area contributed by atoms with E-state index in [4.69, 9.17) is 14.2 Å². The van der Waals surface area contributed by atoms with Crippen LogP contribution in [-0.4, -0.2) is 62.3 Å². The van der Waals surface area contributed by atoms with Gasteiger partial charge in [-0.05, 0) is 35.9 Å². The predicted octanol–water partition coefficient (Wildman–Crippen LogP) is 3.24. The summed E-state index contributed by atoms with van der Waals surface area (Å²) in [5.41, 5.74) is -0.0389. The number of anilines is 1. The van der Waals surface area contributed by atoms with Gasteiger partial charge in [0.25, 0.3) is 0 Å². The van der Waals surface area contributed by atoms with E-state index < -0.39 is 11.7 Å². The molecule has 32 heavy (non-hydrogen) atoms. The molecule has 1 aromatic carbocycles. The predicted molar refractivity (Wildman–Crippen MR) is 111 cm³/mol. The van der Waals surface area contributed by atoms with Crippen molar-refractivity contribution >= 4 is 17.8 Å². The van der Waals surface area contributed by atoms with Gasteiger partial charge in [-0.25, -0.2) is 4.98 Å². The number of carbonyl (C=O) groups excluding carboxylic acids is 1. The van der Waals surface area contributed by atoms with E-state index in [1.165, 1.54) is 19.3 Å². The van der Waals surface area contributed by atoms with E-state index >= 15 is 0 Å². The molecule has 0 spiro atoms. The smallest absolute Gasteiger partial charge is 0.417 e. The van der Waals surface area contributed by atoms with Crippen LogP contribution in [-0.2, 0) is 11.0 Å². The first kappa shape index (κ1) is 21.8. The molecule has 0 saturated carbocycles. The summed E-state index contributed by atoms with van der Waals surface area (Å²) in [6.45, 7) is 2.74. The molecule has 0 radical (unpaired) electrons. The Morgan fingerprint density at radius 1 is 1.12 bits per heavy atom. The minimum absolute atomic E-state index is 0.154. The highest BCUT2D eigenvalue weighted by atomic mass is 19.4. The third-order valence-electron chi connectivity index (χ3n) is 5.26. The molecule has 4 rings (SSSR count). The van der Waals surface area contributed by atoms with Crippen molar-refractivity contribution in [1.82, 2.24) is 9.88 Å². The number of benzene rings is 1. The summed E-state index contributed by atoms with van der Waals surface area (Å²) in [7, 11) is 1.54. The zero-order chi connectivity index (χ0) is 22.7. The number of fused-ring (bicyclic) bond motifs is 1.